The fourth-order valence-corrected chi connectivity index (χ4v) is 1.55. The molecule has 0 unspecified atom stereocenters. The maximum absolute atomic E-state index is 10.8. The van der Waals surface area contributed by atoms with Gasteiger partial charge in [0.15, 0.2) is 0 Å². The normalized spacial score (nSPS) is 9.87. The van der Waals surface area contributed by atoms with Crippen LogP contribution in [0.5, 0.6) is 10.9 Å². The monoisotopic (exact) mass is 220 g/mol. The molecule has 0 spiro atoms. The topological polar surface area (TPSA) is 65.2 Å². The number of nitrogens with two attached hydrogens (primary N) is 1. The number of primary amides is 1. The highest BCUT2D eigenvalue weighted by Gasteiger charge is 2.02. The summed E-state index contributed by atoms with van der Waals surface area (Å²) in [7, 11) is 0. The Hall–Kier alpha value is -1.88. The minimum absolute atomic E-state index is 0.448. The number of amides is 1. The number of ether oxygens (including phenoxy) is 1. The first kappa shape index (κ1) is 9.67. The van der Waals surface area contributed by atoms with Crippen molar-refractivity contribution in [1.29, 1.82) is 0 Å². The van der Waals surface area contributed by atoms with E-state index in [2.05, 4.69) is 4.98 Å². The predicted octanol–water partition coefficient (Wildman–Crippen LogP) is 2.03. The fraction of sp³-hybridized carbons (Fsp3) is 0. The summed E-state index contributed by atoms with van der Waals surface area (Å²) in [5.74, 6) is 0.186. The molecule has 76 valence electrons. The molecule has 0 aliphatic carbocycles. The van der Waals surface area contributed by atoms with Crippen molar-refractivity contribution in [3.8, 4) is 10.9 Å². The van der Waals surface area contributed by atoms with Crippen LogP contribution in [0, 0.1) is 0 Å². The Morgan fingerprint density at radius 2 is 2.07 bits per heavy atom. The van der Waals surface area contributed by atoms with Gasteiger partial charge in [-0.25, -0.2) is 4.98 Å². The van der Waals surface area contributed by atoms with Gasteiger partial charge < -0.3 is 10.5 Å². The van der Waals surface area contributed by atoms with E-state index in [-0.39, 0.29) is 0 Å². The molecule has 2 N–H and O–H groups in total. The van der Waals surface area contributed by atoms with Gasteiger partial charge in [0, 0.05) is 17.1 Å². The van der Waals surface area contributed by atoms with E-state index in [1.165, 1.54) is 11.3 Å². The van der Waals surface area contributed by atoms with Crippen LogP contribution in [0.1, 0.15) is 10.4 Å². The van der Waals surface area contributed by atoms with E-state index in [1.807, 2.05) is 5.38 Å². The molecule has 0 fully saturated rings. The highest BCUT2D eigenvalue weighted by atomic mass is 32.1. The minimum Gasteiger partial charge on any atom is -0.431 e. The van der Waals surface area contributed by atoms with Crippen LogP contribution in [0.4, 0.5) is 0 Å². The number of hydrogen-bond acceptors (Lipinski definition) is 4. The van der Waals surface area contributed by atoms with Crippen molar-refractivity contribution in [3.05, 3.63) is 41.4 Å². The van der Waals surface area contributed by atoms with Crippen molar-refractivity contribution in [2.24, 2.45) is 5.73 Å². The van der Waals surface area contributed by atoms with Crippen molar-refractivity contribution in [2.45, 2.75) is 0 Å². The highest BCUT2D eigenvalue weighted by Crippen LogP contribution is 2.23. The Balaban J connectivity index is 2.14. The highest BCUT2D eigenvalue weighted by molar-refractivity contribution is 7.11. The molecule has 0 saturated carbocycles. The molecule has 0 aliphatic heterocycles. The van der Waals surface area contributed by atoms with E-state index in [4.69, 9.17) is 10.5 Å². The summed E-state index contributed by atoms with van der Waals surface area (Å²) in [4.78, 5) is 14.8. The Morgan fingerprint density at radius 3 is 2.60 bits per heavy atom. The van der Waals surface area contributed by atoms with Crippen molar-refractivity contribution >= 4 is 17.2 Å². The van der Waals surface area contributed by atoms with Gasteiger partial charge in [0.05, 0.1) is 0 Å². The average molecular weight is 220 g/mol. The fourth-order valence-electron chi connectivity index (χ4n) is 1.05. The van der Waals surface area contributed by atoms with Crippen LogP contribution in [0.25, 0.3) is 0 Å². The Labute approximate surface area is 90.3 Å². The summed E-state index contributed by atoms with van der Waals surface area (Å²) in [6.07, 6.45) is 1.66. The average Bonchev–Trinajstić information content (AvgIpc) is 2.71. The van der Waals surface area contributed by atoms with Gasteiger partial charge in [0.1, 0.15) is 5.75 Å². The number of rotatable bonds is 3. The van der Waals surface area contributed by atoms with E-state index < -0.39 is 5.91 Å². The molecule has 0 radical (unpaired) electrons. The lowest BCUT2D eigenvalue weighted by atomic mass is 10.2. The lowest BCUT2D eigenvalue weighted by molar-refractivity contribution is 0.100. The van der Waals surface area contributed by atoms with Crippen LogP contribution in [0.15, 0.2) is 35.8 Å². The van der Waals surface area contributed by atoms with E-state index in [9.17, 15) is 4.79 Å². The third-order valence-corrected chi connectivity index (χ3v) is 2.40. The summed E-state index contributed by atoms with van der Waals surface area (Å²) >= 11 is 1.40. The predicted molar refractivity (Wildman–Crippen MR) is 57.1 cm³/mol. The number of benzene rings is 1. The molecule has 0 bridgehead atoms. The molecule has 1 aromatic carbocycles. The second-order valence-corrected chi connectivity index (χ2v) is 3.65. The molecule has 1 aromatic heterocycles. The lowest BCUT2D eigenvalue weighted by Crippen LogP contribution is -2.10. The van der Waals surface area contributed by atoms with Gasteiger partial charge in [0.25, 0.3) is 5.19 Å². The first-order valence-electron chi connectivity index (χ1n) is 4.23. The van der Waals surface area contributed by atoms with Gasteiger partial charge in [-0.3, -0.25) is 4.79 Å². The van der Waals surface area contributed by atoms with Crippen LogP contribution in [-0.4, -0.2) is 10.9 Å². The standard InChI is InChI=1S/C10H8N2O2S/c11-9(13)7-1-3-8(4-2-7)14-10-12-5-6-15-10/h1-6H,(H2,11,13). The molecular weight excluding hydrogens is 212 g/mol. The van der Waals surface area contributed by atoms with Crippen molar-refractivity contribution in [2.75, 3.05) is 0 Å². The van der Waals surface area contributed by atoms with Crippen LogP contribution < -0.4 is 10.5 Å². The maximum atomic E-state index is 10.8. The van der Waals surface area contributed by atoms with Crippen molar-refractivity contribution in [3.63, 3.8) is 0 Å². The summed E-state index contributed by atoms with van der Waals surface area (Å²) in [5.41, 5.74) is 5.57. The smallest absolute Gasteiger partial charge is 0.278 e. The molecule has 4 nitrogen and oxygen atoms in total. The van der Waals surface area contributed by atoms with Gasteiger partial charge in [-0.05, 0) is 24.3 Å². The van der Waals surface area contributed by atoms with Gasteiger partial charge in [-0.1, -0.05) is 11.3 Å². The number of carbonyl (C=O) groups is 1. The quantitative estimate of drug-likeness (QED) is 0.860. The van der Waals surface area contributed by atoms with Crippen molar-refractivity contribution in [1.82, 2.24) is 4.98 Å². The van der Waals surface area contributed by atoms with Crippen LogP contribution in [0.2, 0.25) is 0 Å². The van der Waals surface area contributed by atoms with E-state index in [0.717, 1.165) is 0 Å². The minimum atomic E-state index is -0.448. The molecule has 2 rings (SSSR count). The van der Waals surface area contributed by atoms with Gasteiger partial charge in [-0.2, -0.15) is 0 Å². The molecule has 15 heavy (non-hydrogen) atoms. The van der Waals surface area contributed by atoms with Gasteiger partial charge in [0.2, 0.25) is 5.91 Å². The third-order valence-electron chi connectivity index (χ3n) is 1.75. The van der Waals surface area contributed by atoms with E-state index in [1.54, 1.807) is 30.5 Å². The SMILES string of the molecule is NC(=O)c1ccc(Oc2nccs2)cc1. The molecule has 1 amide bonds. The molecule has 0 aliphatic rings. The molecule has 0 atom stereocenters. The maximum Gasteiger partial charge on any atom is 0.278 e. The van der Waals surface area contributed by atoms with E-state index in [0.29, 0.717) is 16.5 Å². The zero-order chi connectivity index (χ0) is 10.7. The molecule has 2 aromatic rings. The van der Waals surface area contributed by atoms with Gasteiger partial charge >= 0.3 is 0 Å². The summed E-state index contributed by atoms with van der Waals surface area (Å²) in [6.45, 7) is 0. The van der Waals surface area contributed by atoms with Crippen LogP contribution in [0.3, 0.4) is 0 Å². The second-order valence-electron chi connectivity index (χ2n) is 2.79. The molecule has 5 heteroatoms. The Kier molecular flexibility index (Phi) is 2.64. The lowest BCUT2D eigenvalue weighted by Gasteiger charge is -2.01. The largest absolute Gasteiger partial charge is 0.431 e. The van der Waals surface area contributed by atoms with Gasteiger partial charge in [-0.15, -0.1) is 0 Å². The second kappa shape index (κ2) is 4.10. The number of nitrogens with zero attached hydrogens (tertiary/aromatic N) is 1. The molecule has 1 heterocycles. The van der Waals surface area contributed by atoms with Crippen LogP contribution >= 0.6 is 11.3 Å². The zero-order valence-corrected chi connectivity index (χ0v) is 8.53. The zero-order valence-electron chi connectivity index (χ0n) is 7.71. The molecular formula is C10H8N2O2S. The van der Waals surface area contributed by atoms with Crippen LogP contribution in [-0.2, 0) is 0 Å². The number of carbonyl (C=O) groups excluding carboxylic acids is 1. The third kappa shape index (κ3) is 2.32. The first-order valence-corrected chi connectivity index (χ1v) is 5.11. The summed E-state index contributed by atoms with van der Waals surface area (Å²) < 4.78 is 5.41. The first-order chi connectivity index (χ1) is 7.25. The Bertz CT molecular complexity index is 451. The number of hydrogen-bond donors (Lipinski definition) is 1. The number of aromatic nitrogens is 1. The number of thiazole rings is 1. The van der Waals surface area contributed by atoms with E-state index >= 15 is 0 Å². The molecule has 0 saturated heterocycles. The summed E-state index contributed by atoms with van der Waals surface area (Å²) in [6, 6.07) is 6.60. The van der Waals surface area contributed by atoms with Crippen molar-refractivity contribution < 1.29 is 9.53 Å². The summed E-state index contributed by atoms with van der Waals surface area (Å²) in [5, 5.41) is 2.40. The Morgan fingerprint density at radius 1 is 1.33 bits per heavy atom.